The van der Waals surface area contributed by atoms with Gasteiger partial charge in [-0.25, -0.2) is 0 Å². The van der Waals surface area contributed by atoms with Crippen molar-refractivity contribution in [3.05, 3.63) is 22.3 Å². The Balaban J connectivity index is 2.03. The van der Waals surface area contributed by atoms with Crippen LogP contribution in [0.4, 0.5) is 0 Å². The van der Waals surface area contributed by atoms with E-state index in [9.17, 15) is 29.4 Å². The number of carbonyl (C=O) groups is 4. The molecule has 136 valence electrons. The van der Waals surface area contributed by atoms with Crippen LogP contribution in [0.25, 0.3) is 0 Å². The number of Topliss-reactive ketones (excluding diaryl/α,β-unsaturated/α-hetero) is 4. The summed E-state index contributed by atoms with van der Waals surface area (Å²) < 4.78 is 10.7. The van der Waals surface area contributed by atoms with Gasteiger partial charge in [-0.3, -0.25) is 19.2 Å². The van der Waals surface area contributed by atoms with Crippen LogP contribution in [0.15, 0.2) is 22.3 Å². The third-order valence-electron chi connectivity index (χ3n) is 7.07. The van der Waals surface area contributed by atoms with Crippen molar-refractivity contribution in [3.63, 3.8) is 0 Å². The van der Waals surface area contributed by atoms with E-state index in [4.69, 9.17) is 9.47 Å². The quantitative estimate of drug-likeness (QED) is 0.496. The summed E-state index contributed by atoms with van der Waals surface area (Å²) in [5.41, 5.74) is -9.28. The molecule has 4 atom stereocenters. The first kappa shape index (κ1) is 16.2. The molecule has 5 rings (SSSR count). The molecule has 2 N–H and O–H groups in total. The Morgan fingerprint density at radius 2 is 1.08 bits per heavy atom. The van der Waals surface area contributed by atoms with Gasteiger partial charge in [0.1, 0.15) is 10.8 Å². The molecule has 8 nitrogen and oxygen atoms in total. The van der Waals surface area contributed by atoms with Crippen LogP contribution in [0.2, 0.25) is 0 Å². The Labute approximate surface area is 147 Å². The van der Waals surface area contributed by atoms with E-state index in [1.807, 2.05) is 0 Å². The van der Waals surface area contributed by atoms with Crippen molar-refractivity contribution >= 4 is 23.1 Å². The lowest BCUT2D eigenvalue weighted by molar-refractivity contribution is -0.209. The van der Waals surface area contributed by atoms with Crippen LogP contribution in [-0.4, -0.2) is 71.0 Å². The second kappa shape index (κ2) is 4.12. The van der Waals surface area contributed by atoms with E-state index < -0.39 is 58.4 Å². The van der Waals surface area contributed by atoms with Crippen molar-refractivity contribution < 1.29 is 38.9 Å². The SMILES string of the molecule is CC1=C2COC[C@@]23C(=O)[C@@](O)(C1=O)[C@@]12COCC1=C(C)C(=O)[C@]3(O)C2=O. The minimum atomic E-state index is -2.72. The maximum atomic E-state index is 13.5. The molecule has 0 unspecified atom stereocenters. The van der Waals surface area contributed by atoms with Crippen LogP contribution >= 0.6 is 0 Å². The molecule has 2 aliphatic heterocycles. The lowest BCUT2D eigenvalue weighted by Gasteiger charge is -2.60. The molecule has 2 saturated heterocycles. The summed E-state index contributed by atoms with van der Waals surface area (Å²) in [6.07, 6.45) is 0. The number of rotatable bonds is 0. The molecule has 0 amide bonds. The Morgan fingerprint density at radius 1 is 0.731 bits per heavy atom. The number of ketones is 4. The smallest absolute Gasteiger partial charge is 0.205 e. The highest BCUT2D eigenvalue weighted by Gasteiger charge is 2.88. The summed E-state index contributed by atoms with van der Waals surface area (Å²) in [6.45, 7) is 1.62. The van der Waals surface area contributed by atoms with E-state index in [-0.39, 0.29) is 35.5 Å². The van der Waals surface area contributed by atoms with E-state index in [0.29, 0.717) is 0 Å². The maximum Gasteiger partial charge on any atom is 0.205 e. The van der Waals surface area contributed by atoms with E-state index >= 15 is 0 Å². The van der Waals surface area contributed by atoms with E-state index in [0.717, 1.165) is 0 Å². The zero-order valence-electron chi connectivity index (χ0n) is 14.2. The zero-order chi connectivity index (χ0) is 18.9. The summed E-state index contributed by atoms with van der Waals surface area (Å²) in [5, 5.41) is 22.9. The van der Waals surface area contributed by atoms with Crippen molar-refractivity contribution in [2.24, 2.45) is 10.8 Å². The molecule has 0 aromatic carbocycles. The van der Waals surface area contributed by atoms with Crippen molar-refractivity contribution in [1.82, 2.24) is 0 Å². The Bertz CT molecular complexity index is 865. The molecule has 0 radical (unpaired) electrons. The highest BCUT2D eigenvalue weighted by molar-refractivity contribution is 6.38. The van der Waals surface area contributed by atoms with Crippen LogP contribution in [0.3, 0.4) is 0 Å². The molecule has 4 bridgehead atoms. The summed E-state index contributed by atoms with van der Waals surface area (Å²) in [7, 11) is 0. The number of hydrogen-bond acceptors (Lipinski definition) is 8. The fraction of sp³-hybridized carbons (Fsp3) is 0.556. The number of aliphatic hydroxyl groups is 2. The number of hydrogen-bond donors (Lipinski definition) is 2. The molecule has 3 fully saturated rings. The van der Waals surface area contributed by atoms with Gasteiger partial charge in [0.2, 0.25) is 11.2 Å². The Morgan fingerprint density at radius 3 is 1.42 bits per heavy atom. The first-order valence-corrected chi connectivity index (χ1v) is 8.33. The average Bonchev–Trinajstić information content (AvgIpc) is 3.26. The standard InChI is InChI=1S/C18H16O8/c1-7-9-3-25-5-15(9)13(21)17(23,11(7)19)16-6-26-4-10(16)8(2)12(20)18(15,24)14(16)22/h23-24H,3-6H2,1-2H3/t15-,16-,17-,18-/m0/s1. The molecule has 26 heavy (non-hydrogen) atoms. The highest BCUT2D eigenvalue weighted by atomic mass is 16.5. The van der Waals surface area contributed by atoms with Crippen LogP contribution in [-0.2, 0) is 28.7 Å². The van der Waals surface area contributed by atoms with Gasteiger partial charge in [0.25, 0.3) is 0 Å². The molecule has 8 heteroatoms. The Hall–Kier alpha value is -2.00. The predicted octanol–water partition coefficient (Wildman–Crippen LogP) is -1.57. The van der Waals surface area contributed by atoms with Gasteiger partial charge in [0, 0.05) is 0 Å². The molecule has 3 aliphatic carbocycles. The van der Waals surface area contributed by atoms with Gasteiger partial charge in [-0.15, -0.1) is 0 Å². The third-order valence-corrected chi connectivity index (χ3v) is 7.07. The number of carbonyl (C=O) groups excluding carboxylic acids is 4. The van der Waals surface area contributed by atoms with Gasteiger partial charge in [-0.1, -0.05) is 0 Å². The summed E-state index contributed by atoms with van der Waals surface area (Å²) in [6, 6.07) is 0. The summed E-state index contributed by atoms with van der Waals surface area (Å²) in [4.78, 5) is 53.2. The molecular weight excluding hydrogens is 344 g/mol. The van der Waals surface area contributed by atoms with Crippen molar-refractivity contribution in [2.75, 3.05) is 26.4 Å². The van der Waals surface area contributed by atoms with Gasteiger partial charge in [0.05, 0.1) is 26.4 Å². The fourth-order valence-corrected chi connectivity index (χ4v) is 5.68. The van der Waals surface area contributed by atoms with Gasteiger partial charge >= 0.3 is 0 Å². The average molecular weight is 360 g/mol. The summed E-state index contributed by atoms with van der Waals surface area (Å²) >= 11 is 0. The van der Waals surface area contributed by atoms with Gasteiger partial charge in [0.15, 0.2) is 23.1 Å². The number of ether oxygens (including phenoxy) is 2. The van der Waals surface area contributed by atoms with Crippen molar-refractivity contribution in [1.29, 1.82) is 0 Å². The van der Waals surface area contributed by atoms with E-state index in [1.54, 1.807) is 0 Å². The van der Waals surface area contributed by atoms with E-state index in [2.05, 4.69) is 0 Å². The molecule has 0 aromatic heterocycles. The van der Waals surface area contributed by atoms with Gasteiger partial charge < -0.3 is 19.7 Å². The molecule has 1 saturated carbocycles. The second-order valence-electron chi connectivity index (χ2n) is 7.74. The van der Waals surface area contributed by atoms with Crippen LogP contribution < -0.4 is 0 Å². The van der Waals surface area contributed by atoms with Gasteiger partial charge in [-0.2, -0.15) is 0 Å². The topological polar surface area (TPSA) is 127 Å². The monoisotopic (exact) mass is 360 g/mol. The maximum absolute atomic E-state index is 13.5. The van der Waals surface area contributed by atoms with Crippen LogP contribution in [0.5, 0.6) is 0 Å². The number of fused-ring (bicyclic) bond motifs is 2. The lowest BCUT2D eigenvalue weighted by Crippen LogP contribution is -2.85. The minimum absolute atomic E-state index is 0.0495. The first-order chi connectivity index (χ1) is 12.1. The fourth-order valence-electron chi connectivity index (χ4n) is 5.68. The largest absolute Gasteiger partial charge is 0.376 e. The van der Waals surface area contributed by atoms with Crippen molar-refractivity contribution in [3.8, 4) is 0 Å². The molecular formula is C18H16O8. The molecule has 0 aromatic rings. The highest BCUT2D eigenvalue weighted by Crippen LogP contribution is 2.66. The predicted molar refractivity (Wildman–Crippen MR) is 81.8 cm³/mol. The third kappa shape index (κ3) is 1.10. The normalized spacial score (nSPS) is 46.9. The molecule has 2 heterocycles. The van der Waals surface area contributed by atoms with Gasteiger partial charge in [-0.05, 0) is 36.1 Å². The molecule has 2 spiro atoms. The lowest BCUT2D eigenvalue weighted by atomic mass is 9.38. The Kier molecular flexibility index (Phi) is 2.56. The zero-order valence-corrected chi connectivity index (χ0v) is 14.2. The van der Waals surface area contributed by atoms with Crippen LogP contribution in [0.1, 0.15) is 13.8 Å². The van der Waals surface area contributed by atoms with E-state index in [1.165, 1.54) is 13.8 Å². The molecule has 5 aliphatic rings. The first-order valence-electron chi connectivity index (χ1n) is 8.33. The van der Waals surface area contributed by atoms with Crippen LogP contribution in [0, 0.1) is 10.8 Å². The van der Waals surface area contributed by atoms with Crippen molar-refractivity contribution in [2.45, 2.75) is 25.0 Å². The minimum Gasteiger partial charge on any atom is -0.376 e. The second-order valence-corrected chi connectivity index (χ2v) is 7.74. The summed E-state index contributed by atoms with van der Waals surface area (Å²) in [5.74, 6) is -3.86.